The number of para-hydroxylation sites is 1. The molecule has 2 aromatic carbocycles. The van der Waals surface area contributed by atoms with Gasteiger partial charge in [-0.25, -0.2) is 0 Å². The van der Waals surface area contributed by atoms with Crippen LogP contribution in [0.4, 0.5) is 0 Å². The van der Waals surface area contributed by atoms with Crippen LogP contribution in [-0.2, 0) is 6.42 Å². The highest BCUT2D eigenvalue weighted by Gasteiger charge is 1.97. The molecule has 0 aromatic heterocycles. The van der Waals surface area contributed by atoms with E-state index in [9.17, 15) is 0 Å². The highest BCUT2D eigenvalue weighted by atomic mass is 16.5. The van der Waals surface area contributed by atoms with Gasteiger partial charge in [-0.2, -0.15) is 0 Å². The molecule has 1 heteroatoms. The molecule has 0 spiro atoms. The second-order valence-corrected chi connectivity index (χ2v) is 4.43. The van der Waals surface area contributed by atoms with Crippen molar-refractivity contribution in [3.8, 4) is 5.75 Å². The molecule has 1 nitrogen and oxygen atoms in total. The summed E-state index contributed by atoms with van der Waals surface area (Å²) in [5.41, 5.74) is 3.65. The standard InChI is InChI=1S/C18H19O/c1-3-7-15-8-6-9-16(14-15)12-13-17-10-4-5-11-18(17)19-2/h3-6,8-14H,7H2,1-2H3/b13-12+. The lowest BCUT2D eigenvalue weighted by atomic mass is 10.1. The van der Waals surface area contributed by atoms with Crippen LogP contribution in [-0.4, -0.2) is 7.11 Å². The van der Waals surface area contributed by atoms with E-state index in [1.54, 1.807) is 7.11 Å². The van der Waals surface area contributed by atoms with E-state index in [2.05, 4.69) is 55.8 Å². The first-order valence-electron chi connectivity index (χ1n) is 6.51. The van der Waals surface area contributed by atoms with E-state index in [1.807, 2.05) is 18.2 Å². The molecule has 0 heterocycles. The summed E-state index contributed by atoms with van der Waals surface area (Å²) in [6, 6.07) is 16.6. The van der Waals surface area contributed by atoms with Gasteiger partial charge in [-0.3, -0.25) is 0 Å². The minimum Gasteiger partial charge on any atom is -0.496 e. The third-order valence-corrected chi connectivity index (χ3v) is 2.99. The predicted molar refractivity (Wildman–Crippen MR) is 82.0 cm³/mol. The van der Waals surface area contributed by atoms with E-state index < -0.39 is 0 Å². The minimum atomic E-state index is 0.900. The molecule has 0 saturated carbocycles. The Morgan fingerprint density at radius 3 is 2.63 bits per heavy atom. The maximum absolute atomic E-state index is 5.34. The quantitative estimate of drug-likeness (QED) is 0.704. The van der Waals surface area contributed by atoms with Gasteiger partial charge in [0.1, 0.15) is 5.75 Å². The van der Waals surface area contributed by atoms with Gasteiger partial charge in [0.05, 0.1) is 7.11 Å². The summed E-state index contributed by atoms with van der Waals surface area (Å²) >= 11 is 0. The van der Waals surface area contributed by atoms with Crippen LogP contribution in [0.5, 0.6) is 5.75 Å². The zero-order valence-electron chi connectivity index (χ0n) is 11.5. The molecule has 97 valence electrons. The summed E-state index contributed by atoms with van der Waals surface area (Å²) in [5, 5.41) is 0. The van der Waals surface area contributed by atoms with Crippen molar-refractivity contribution in [3.05, 3.63) is 71.6 Å². The SMILES string of the molecule is C[CH]Cc1cccc(/C=C/c2ccccc2OC)c1. The van der Waals surface area contributed by atoms with Crippen LogP contribution < -0.4 is 4.74 Å². The van der Waals surface area contributed by atoms with Crippen LogP contribution in [0.3, 0.4) is 0 Å². The van der Waals surface area contributed by atoms with Gasteiger partial charge < -0.3 is 4.74 Å². The second-order valence-electron chi connectivity index (χ2n) is 4.43. The number of ether oxygens (including phenoxy) is 1. The van der Waals surface area contributed by atoms with Crippen LogP contribution in [0.25, 0.3) is 12.2 Å². The Morgan fingerprint density at radius 2 is 1.84 bits per heavy atom. The molecule has 0 fully saturated rings. The Hall–Kier alpha value is -2.02. The van der Waals surface area contributed by atoms with Crippen molar-refractivity contribution >= 4 is 12.2 Å². The Bertz CT molecular complexity index is 555. The Kier molecular flexibility index (Phi) is 4.79. The molecule has 0 saturated heterocycles. The summed E-state index contributed by atoms with van der Waals surface area (Å²) in [5.74, 6) is 0.900. The average molecular weight is 251 g/mol. The summed E-state index contributed by atoms with van der Waals surface area (Å²) in [6.07, 6.45) is 7.39. The topological polar surface area (TPSA) is 9.23 Å². The van der Waals surface area contributed by atoms with Crippen molar-refractivity contribution in [2.75, 3.05) is 7.11 Å². The van der Waals surface area contributed by atoms with Crippen LogP contribution in [0.15, 0.2) is 48.5 Å². The number of hydrogen-bond donors (Lipinski definition) is 0. The molecular formula is C18H19O. The lowest BCUT2D eigenvalue weighted by molar-refractivity contribution is 0.414. The third-order valence-electron chi connectivity index (χ3n) is 2.99. The smallest absolute Gasteiger partial charge is 0.126 e. The normalized spacial score (nSPS) is 10.8. The van der Waals surface area contributed by atoms with E-state index in [0.717, 1.165) is 17.7 Å². The fourth-order valence-corrected chi connectivity index (χ4v) is 2.05. The van der Waals surface area contributed by atoms with Gasteiger partial charge in [-0.15, -0.1) is 0 Å². The van der Waals surface area contributed by atoms with Crippen molar-refractivity contribution in [1.29, 1.82) is 0 Å². The van der Waals surface area contributed by atoms with Gasteiger partial charge in [0.2, 0.25) is 0 Å². The molecule has 0 N–H and O–H groups in total. The number of benzene rings is 2. The molecule has 0 aliphatic rings. The summed E-state index contributed by atoms with van der Waals surface area (Å²) in [4.78, 5) is 0. The Balaban J connectivity index is 2.20. The van der Waals surface area contributed by atoms with Gasteiger partial charge in [0.15, 0.2) is 0 Å². The fraction of sp³-hybridized carbons (Fsp3) is 0.167. The summed E-state index contributed by atoms with van der Waals surface area (Å²) in [7, 11) is 1.70. The van der Waals surface area contributed by atoms with E-state index in [4.69, 9.17) is 4.74 Å². The average Bonchev–Trinajstić information content (AvgIpc) is 2.46. The highest BCUT2D eigenvalue weighted by molar-refractivity contribution is 5.72. The molecule has 1 radical (unpaired) electrons. The number of rotatable bonds is 5. The molecule has 0 aliphatic heterocycles. The Morgan fingerprint density at radius 1 is 1.00 bits per heavy atom. The van der Waals surface area contributed by atoms with Crippen molar-refractivity contribution in [2.45, 2.75) is 13.3 Å². The number of methoxy groups -OCH3 is 1. The maximum atomic E-state index is 5.34. The molecule has 0 bridgehead atoms. The zero-order chi connectivity index (χ0) is 13.5. The molecule has 0 unspecified atom stereocenters. The molecule has 0 aliphatic carbocycles. The lowest BCUT2D eigenvalue weighted by Gasteiger charge is -2.04. The Labute approximate surface area is 115 Å². The zero-order valence-corrected chi connectivity index (χ0v) is 11.5. The van der Waals surface area contributed by atoms with Crippen molar-refractivity contribution in [1.82, 2.24) is 0 Å². The van der Waals surface area contributed by atoms with Gasteiger partial charge in [-0.05, 0) is 30.0 Å². The van der Waals surface area contributed by atoms with E-state index in [1.165, 1.54) is 11.1 Å². The van der Waals surface area contributed by atoms with Gasteiger partial charge in [0, 0.05) is 5.56 Å². The molecule has 19 heavy (non-hydrogen) atoms. The first-order chi connectivity index (χ1) is 9.33. The largest absolute Gasteiger partial charge is 0.496 e. The minimum absolute atomic E-state index is 0.900. The maximum Gasteiger partial charge on any atom is 0.126 e. The molecule has 0 atom stereocenters. The second kappa shape index (κ2) is 6.79. The third kappa shape index (κ3) is 3.72. The summed E-state index contributed by atoms with van der Waals surface area (Å²) < 4.78 is 5.34. The van der Waals surface area contributed by atoms with Gasteiger partial charge in [0.25, 0.3) is 0 Å². The first kappa shape index (κ1) is 13.4. The van der Waals surface area contributed by atoms with Crippen molar-refractivity contribution in [3.63, 3.8) is 0 Å². The van der Waals surface area contributed by atoms with Crippen LogP contribution >= 0.6 is 0 Å². The molecule has 2 rings (SSSR count). The fourth-order valence-electron chi connectivity index (χ4n) is 2.05. The molecule has 0 amide bonds. The van der Waals surface area contributed by atoms with Crippen LogP contribution in [0, 0.1) is 6.42 Å². The first-order valence-corrected chi connectivity index (χ1v) is 6.51. The van der Waals surface area contributed by atoms with Crippen molar-refractivity contribution in [2.24, 2.45) is 0 Å². The van der Waals surface area contributed by atoms with E-state index in [0.29, 0.717) is 0 Å². The van der Waals surface area contributed by atoms with Gasteiger partial charge >= 0.3 is 0 Å². The van der Waals surface area contributed by atoms with Crippen LogP contribution in [0.1, 0.15) is 23.6 Å². The summed E-state index contributed by atoms with van der Waals surface area (Å²) in [6.45, 7) is 2.08. The van der Waals surface area contributed by atoms with Crippen LogP contribution in [0.2, 0.25) is 0 Å². The van der Waals surface area contributed by atoms with E-state index in [-0.39, 0.29) is 0 Å². The van der Waals surface area contributed by atoms with E-state index >= 15 is 0 Å². The molecule has 2 aromatic rings. The van der Waals surface area contributed by atoms with Gasteiger partial charge in [-0.1, -0.05) is 61.5 Å². The molecular weight excluding hydrogens is 232 g/mol. The number of hydrogen-bond acceptors (Lipinski definition) is 1. The van der Waals surface area contributed by atoms with Crippen molar-refractivity contribution < 1.29 is 4.74 Å². The lowest BCUT2D eigenvalue weighted by Crippen LogP contribution is -1.86. The predicted octanol–water partition coefficient (Wildman–Crippen LogP) is 4.63. The monoisotopic (exact) mass is 251 g/mol. The highest BCUT2D eigenvalue weighted by Crippen LogP contribution is 2.20.